The first-order valence-corrected chi connectivity index (χ1v) is 11.5. The molecule has 28 heavy (non-hydrogen) atoms. The number of halogens is 1. The Balaban J connectivity index is 1.46. The van der Waals surface area contributed by atoms with Gasteiger partial charge in [0.25, 0.3) is 0 Å². The van der Waals surface area contributed by atoms with Crippen LogP contribution in [0.25, 0.3) is 0 Å². The van der Waals surface area contributed by atoms with Gasteiger partial charge >= 0.3 is 0 Å². The van der Waals surface area contributed by atoms with E-state index in [0.717, 1.165) is 42.5 Å². The van der Waals surface area contributed by atoms with Crippen molar-refractivity contribution in [3.05, 3.63) is 30.1 Å². The molecule has 0 amide bonds. The Morgan fingerprint density at radius 3 is 2.29 bits per heavy atom. The highest BCUT2D eigenvalue weighted by Gasteiger charge is 2.14. The molecule has 1 aliphatic heterocycles. The summed E-state index contributed by atoms with van der Waals surface area (Å²) >= 11 is 1.75. The van der Waals surface area contributed by atoms with Crippen LogP contribution in [0.5, 0.6) is 0 Å². The van der Waals surface area contributed by atoms with E-state index >= 15 is 0 Å². The molecule has 2 rings (SSSR count). The molecule has 1 aromatic carbocycles. The molecule has 1 aliphatic rings. The van der Waals surface area contributed by atoms with Gasteiger partial charge in [-0.15, -0.1) is 11.8 Å². The minimum Gasteiger partial charge on any atom is -0.356 e. The van der Waals surface area contributed by atoms with Gasteiger partial charge in [0.15, 0.2) is 5.96 Å². The lowest BCUT2D eigenvalue weighted by molar-refractivity contribution is 0.136. The first-order chi connectivity index (χ1) is 13.7. The molecule has 5 nitrogen and oxygen atoms in total. The van der Waals surface area contributed by atoms with Crippen LogP contribution in [0.1, 0.15) is 26.2 Å². The van der Waals surface area contributed by atoms with Crippen LogP contribution in [0.15, 0.2) is 34.2 Å². The zero-order chi connectivity index (χ0) is 20.0. The molecular weight excluding hydrogens is 373 g/mol. The molecule has 0 atom stereocenters. The van der Waals surface area contributed by atoms with Gasteiger partial charge in [-0.25, -0.2) is 4.39 Å². The SMILES string of the molecule is CCN1CCN(CCCCNC(=NC)NCCCSc2ccc(F)cc2)CC1. The summed E-state index contributed by atoms with van der Waals surface area (Å²) in [5.41, 5.74) is 0. The highest BCUT2D eigenvalue weighted by molar-refractivity contribution is 7.99. The van der Waals surface area contributed by atoms with Gasteiger partial charge in [0.2, 0.25) is 0 Å². The van der Waals surface area contributed by atoms with E-state index in [1.807, 2.05) is 19.2 Å². The van der Waals surface area contributed by atoms with Crippen LogP contribution < -0.4 is 10.6 Å². The number of aliphatic imine (C=N–C) groups is 1. The van der Waals surface area contributed by atoms with E-state index in [9.17, 15) is 4.39 Å². The summed E-state index contributed by atoms with van der Waals surface area (Å²) in [6, 6.07) is 6.68. The Labute approximate surface area is 174 Å². The van der Waals surface area contributed by atoms with E-state index in [1.54, 1.807) is 11.8 Å². The minimum atomic E-state index is -0.181. The van der Waals surface area contributed by atoms with E-state index in [1.165, 1.54) is 57.8 Å². The third kappa shape index (κ3) is 9.26. The third-order valence-corrected chi connectivity index (χ3v) is 6.12. The summed E-state index contributed by atoms with van der Waals surface area (Å²) in [5.74, 6) is 1.70. The number of piperazine rings is 1. The van der Waals surface area contributed by atoms with E-state index < -0.39 is 0 Å². The number of guanidine groups is 1. The van der Waals surface area contributed by atoms with Gasteiger partial charge in [-0.1, -0.05) is 6.92 Å². The molecule has 1 aromatic rings. The maximum absolute atomic E-state index is 12.9. The van der Waals surface area contributed by atoms with Crippen LogP contribution >= 0.6 is 11.8 Å². The number of hydrogen-bond donors (Lipinski definition) is 2. The Bertz CT molecular complexity index is 558. The van der Waals surface area contributed by atoms with Gasteiger partial charge in [0.05, 0.1) is 0 Å². The second kappa shape index (κ2) is 13.8. The predicted molar refractivity (Wildman–Crippen MR) is 119 cm³/mol. The summed E-state index contributed by atoms with van der Waals surface area (Å²) in [7, 11) is 1.82. The van der Waals surface area contributed by atoms with Crippen molar-refractivity contribution in [1.29, 1.82) is 0 Å². The highest BCUT2D eigenvalue weighted by atomic mass is 32.2. The number of thioether (sulfide) groups is 1. The molecule has 2 N–H and O–H groups in total. The third-order valence-electron chi connectivity index (χ3n) is 5.03. The molecule has 0 aliphatic carbocycles. The van der Waals surface area contributed by atoms with Crippen molar-refractivity contribution in [2.75, 3.05) is 65.2 Å². The highest BCUT2D eigenvalue weighted by Crippen LogP contribution is 2.18. The number of rotatable bonds is 11. The van der Waals surface area contributed by atoms with Crippen molar-refractivity contribution in [3.8, 4) is 0 Å². The molecule has 0 aromatic heterocycles. The average molecular weight is 410 g/mol. The zero-order valence-corrected chi connectivity index (χ0v) is 18.2. The van der Waals surface area contributed by atoms with Gasteiger partial charge in [0, 0.05) is 51.2 Å². The van der Waals surface area contributed by atoms with Gasteiger partial charge in [0.1, 0.15) is 5.82 Å². The Hall–Kier alpha value is -1.31. The van der Waals surface area contributed by atoms with Crippen molar-refractivity contribution in [1.82, 2.24) is 20.4 Å². The summed E-state index contributed by atoms with van der Waals surface area (Å²) < 4.78 is 12.9. The first-order valence-electron chi connectivity index (χ1n) is 10.5. The van der Waals surface area contributed by atoms with Crippen molar-refractivity contribution >= 4 is 17.7 Å². The molecule has 0 spiro atoms. The Morgan fingerprint density at radius 2 is 1.64 bits per heavy atom. The fraction of sp³-hybridized carbons (Fsp3) is 0.667. The number of nitrogens with one attached hydrogen (secondary N) is 2. The maximum atomic E-state index is 12.9. The smallest absolute Gasteiger partial charge is 0.190 e. The van der Waals surface area contributed by atoms with Crippen molar-refractivity contribution in [3.63, 3.8) is 0 Å². The quantitative estimate of drug-likeness (QED) is 0.255. The Morgan fingerprint density at radius 1 is 1.00 bits per heavy atom. The van der Waals surface area contributed by atoms with E-state index in [-0.39, 0.29) is 5.82 Å². The Kier molecular flexibility index (Phi) is 11.3. The summed E-state index contributed by atoms with van der Waals surface area (Å²) in [6.45, 7) is 11.3. The van der Waals surface area contributed by atoms with Gasteiger partial charge < -0.3 is 20.4 Å². The molecule has 0 unspecified atom stereocenters. The van der Waals surface area contributed by atoms with Crippen molar-refractivity contribution in [2.45, 2.75) is 31.1 Å². The van der Waals surface area contributed by atoms with Gasteiger partial charge in [-0.3, -0.25) is 4.99 Å². The monoisotopic (exact) mass is 409 g/mol. The second-order valence-corrected chi connectivity index (χ2v) is 8.23. The fourth-order valence-corrected chi connectivity index (χ4v) is 4.07. The van der Waals surface area contributed by atoms with Crippen LogP contribution in [0.3, 0.4) is 0 Å². The van der Waals surface area contributed by atoms with E-state index in [4.69, 9.17) is 0 Å². The second-order valence-electron chi connectivity index (χ2n) is 7.06. The number of unbranched alkanes of at least 4 members (excludes halogenated alkanes) is 1. The molecule has 1 heterocycles. The summed E-state index contributed by atoms with van der Waals surface area (Å²) in [5, 5.41) is 6.77. The summed E-state index contributed by atoms with van der Waals surface area (Å²) in [4.78, 5) is 10.5. The average Bonchev–Trinajstić information content (AvgIpc) is 2.73. The molecular formula is C21H36FN5S. The lowest BCUT2D eigenvalue weighted by Crippen LogP contribution is -2.46. The molecule has 158 valence electrons. The van der Waals surface area contributed by atoms with Gasteiger partial charge in [-0.05, 0) is 62.4 Å². The zero-order valence-electron chi connectivity index (χ0n) is 17.4. The number of likely N-dealkylation sites (N-methyl/N-ethyl adjacent to an activating group) is 1. The van der Waals surface area contributed by atoms with Crippen LogP contribution in [-0.4, -0.2) is 80.9 Å². The molecule has 0 bridgehead atoms. The molecule has 7 heteroatoms. The predicted octanol–water partition coefficient (Wildman–Crippen LogP) is 2.89. The van der Waals surface area contributed by atoms with Crippen molar-refractivity contribution < 1.29 is 4.39 Å². The van der Waals surface area contributed by atoms with Gasteiger partial charge in [-0.2, -0.15) is 0 Å². The number of hydrogen-bond acceptors (Lipinski definition) is 4. The van der Waals surface area contributed by atoms with E-state index in [0.29, 0.717) is 0 Å². The number of nitrogens with zero attached hydrogens (tertiary/aromatic N) is 3. The summed E-state index contributed by atoms with van der Waals surface area (Å²) in [6.07, 6.45) is 3.42. The minimum absolute atomic E-state index is 0.181. The normalized spacial score (nSPS) is 16.3. The molecule has 0 saturated carbocycles. The van der Waals surface area contributed by atoms with Crippen LogP contribution in [0.2, 0.25) is 0 Å². The fourth-order valence-electron chi connectivity index (χ4n) is 3.22. The van der Waals surface area contributed by atoms with E-state index in [2.05, 4.69) is 32.3 Å². The standard InChI is InChI=1S/C21H36FN5S/c1-3-26-14-16-27(17-15-26)13-5-4-11-24-21(23-2)25-12-6-18-28-20-9-7-19(22)8-10-20/h7-10H,3-6,11-18H2,1-2H3,(H2,23,24,25). The van der Waals surface area contributed by atoms with Crippen LogP contribution in [0, 0.1) is 5.82 Å². The van der Waals surface area contributed by atoms with Crippen LogP contribution in [0.4, 0.5) is 4.39 Å². The van der Waals surface area contributed by atoms with Crippen molar-refractivity contribution in [2.24, 2.45) is 4.99 Å². The molecule has 1 fully saturated rings. The maximum Gasteiger partial charge on any atom is 0.190 e. The number of benzene rings is 1. The first kappa shape index (κ1) is 23.0. The lowest BCUT2D eigenvalue weighted by Gasteiger charge is -2.34. The molecule has 1 saturated heterocycles. The topological polar surface area (TPSA) is 42.9 Å². The lowest BCUT2D eigenvalue weighted by atomic mass is 10.2. The largest absolute Gasteiger partial charge is 0.356 e. The van der Waals surface area contributed by atoms with Crippen LogP contribution in [-0.2, 0) is 0 Å². The molecule has 0 radical (unpaired) electrons.